The Labute approximate surface area is 244 Å². The molecule has 2 aromatic rings. The van der Waals surface area contributed by atoms with Crippen LogP contribution in [0.5, 0.6) is 0 Å². The van der Waals surface area contributed by atoms with E-state index in [4.69, 9.17) is 0 Å². The average Bonchev–Trinajstić information content (AvgIpc) is 2.69. The van der Waals surface area contributed by atoms with Crippen LogP contribution in [0.25, 0.3) is 0 Å². The summed E-state index contributed by atoms with van der Waals surface area (Å²) in [4.78, 5) is 0. The Morgan fingerprint density at radius 2 is 0.846 bits per heavy atom. The lowest BCUT2D eigenvalue weighted by Crippen LogP contribution is -2.31. The smallest absolute Gasteiger partial charge is 0.00956 e. The van der Waals surface area contributed by atoms with E-state index in [2.05, 4.69) is 156 Å². The van der Waals surface area contributed by atoms with Gasteiger partial charge in [-0.3, -0.25) is 0 Å². The maximum atomic E-state index is 2.55. The highest BCUT2D eigenvalue weighted by Crippen LogP contribution is 2.49. The number of rotatable bonds is 3. The Kier molecular flexibility index (Phi) is 8.94. The first-order valence-electron chi connectivity index (χ1n) is 15.5. The fraction of sp³-hybridized carbons (Fsp3) is 0.692. The van der Waals surface area contributed by atoms with Gasteiger partial charge in [0.15, 0.2) is 0 Å². The van der Waals surface area contributed by atoms with Crippen molar-refractivity contribution in [1.29, 1.82) is 0 Å². The quantitative estimate of drug-likeness (QED) is 0.369. The van der Waals surface area contributed by atoms with Crippen LogP contribution in [0.4, 0.5) is 0 Å². The van der Waals surface area contributed by atoms with E-state index in [1.54, 1.807) is 16.7 Å². The van der Waals surface area contributed by atoms with Crippen molar-refractivity contribution in [2.75, 3.05) is 0 Å². The molecule has 1 unspecified atom stereocenters. The molecule has 0 radical (unpaired) electrons. The third-order valence-corrected chi connectivity index (χ3v) is 8.34. The van der Waals surface area contributed by atoms with Crippen molar-refractivity contribution in [3.05, 3.63) is 68.8 Å². The van der Waals surface area contributed by atoms with Crippen LogP contribution >= 0.6 is 0 Å². The highest BCUT2D eigenvalue weighted by molar-refractivity contribution is 5.58. The highest BCUT2D eigenvalue weighted by atomic mass is 14.4. The van der Waals surface area contributed by atoms with Gasteiger partial charge in [-0.15, -0.1) is 0 Å². The lowest BCUT2D eigenvalue weighted by atomic mass is 9.63. The van der Waals surface area contributed by atoms with Crippen molar-refractivity contribution in [3.63, 3.8) is 0 Å². The van der Waals surface area contributed by atoms with Gasteiger partial charge >= 0.3 is 0 Å². The molecular weight excluding hydrogens is 468 g/mol. The van der Waals surface area contributed by atoms with Crippen LogP contribution < -0.4 is 0 Å². The second-order valence-corrected chi connectivity index (χ2v) is 18.4. The van der Waals surface area contributed by atoms with E-state index in [1.807, 2.05) is 0 Å². The highest BCUT2D eigenvalue weighted by Gasteiger charge is 2.38. The molecule has 0 bridgehead atoms. The van der Waals surface area contributed by atoms with E-state index in [0.717, 1.165) is 6.42 Å². The normalized spacial score (nSPS) is 15.1. The largest absolute Gasteiger partial charge is 0.0645 e. The van der Waals surface area contributed by atoms with Gasteiger partial charge in [-0.2, -0.15) is 0 Å². The molecule has 2 aromatic carbocycles. The van der Waals surface area contributed by atoms with Gasteiger partial charge in [0, 0.05) is 5.92 Å². The molecule has 0 amide bonds. The number of hydrogen-bond acceptors (Lipinski definition) is 0. The fourth-order valence-electron chi connectivity index (χ4n) is 6.40. The summed E-state index contributed by atoms with van der Waals surface area (Å²) in [6.07, 6.45) is 1.09. The summed E-state index contributed by atoms with van der Waals surface area (Å²) < 4.78 is 0. The Bertz CT molecular complexity index is 1120. The second-order valence-electron chi connectivity index (χ2n) is 18.4. The lowest BCUT2D eigenvalue weighted by molar-refractivity contribution is 0.488. The summed E-state index contributed by atoms with van der Waals surface area (Å²) in [5.41, 5.74) is 12.6. The zero-order valence-electron chi connectivity index (χ0n) is 29.6. The first kappa shape index (κ1) is 33.6. The maximum absolute atomic E-state index is 2.55. The van der Waals surface area contributed by atoms with Gasteiger partial charge in [0.1, 0.15) is 0 Å². The molecular formula is C39H64. The van der Waals surface area contributed by atoms with Crippen molar-refractivity contribution in [3.8, 4) is 0 Å². The van der Waals surface area contributed by atoms with E-state index >= 15 is 0 Å². The second kappa shape index (κ2) is 10.4. The molecule has 39 heavy (non-hydrogen) atoms. The Hall–Kier alpha value is -1.56. The third-order valence-electron chi connectivity index (χ3n) is 8.34. The average molecular weight is 533 g/mol. The van der Waals surface area contributed by atoms with Gasteiger partial charge in [-0.1, -0.05) is 156 Å². The molecule has 0 aliphatic heterocycles. The molecule has 0 aromatic heterocycles. The van der Waals surface area contributed by atoms with E-state index in [1.165, 1.54) is 27.8 Å². The molecule has 1 atom stereocenters. The third kappa shape index (κ3) is 7.21. The zero-order valence-corrected chi connectivity index (χ0v) is 29.6. The zero-order chi connectivity index (χ0) is 30.7. The van der Waals surface area contributed by atoms with Crippen LogP contribution in [0.15, 0.2) is 24.3 Å². The molecule has 2 rings (SSSR count). The van der Waals surface area contributed by atoms with Crippen LogP contribution in [0.1, 0.15) is 188 Å². The van der Waals surface area contributed by atoms with Crippen molar-refractivity contribution in [2.45, 2.75) is 176 Å². The molecule has 0 heteroatoms. The fourth-order valence-corrected chi connectivity index (χ4v) is 6.40. The molecule has 0 nitrogen and oxygen atoms in total. The minimum Gasteiger partial charge on any atom is -0.0645 e. The van der Waals surface area contributed by atoms with Crippen LogP contribution in [-0.4, -0.2) is 0 Å². The van der Waals surface area contributed by atoms with Crippen molar-refractivity contribution in [1.82, 2.24) is 0 Å². The van der Waals surface area contributed by atoms with Gasteiger partial charge in [0.25, 0.3) is 0 Å². The van der Waals surface area contributed by atoms with E-state index in [0.29, 0.717) is 5.92 Å². The topological polar surface area (TPSA) is 0 Å². The van der Waals surface area contributed by atoms with Crippen LogP contribution in [0, 0.1) is 0 Å². The van der Waals surface area contributed by atoms with Crippen molar-refractivity contribution < 1.29 is 0 Å². The first-order chi connectivity index (χ1) is 17.1. The van der Waals surface area contributed by atoms with Crippen molar-refractivity contribution >= 4 is 0 Å². The molecule has 220 valence electrons. The van der Waals surface area contributed by atoms with Crippen LogP contribution in [-0.2, 0) is 32.5 Å². The summed E-state index contributed by atoms with van der Waals surface area (Å²) >= 11 is 0. The monoisotopic (exact) mass is 533 g/mol. The summed E-state index contributed by atoms with van der Waals surface area (Å²) in [5.74, 6) is 0.340. The lowest BCUT2D eigenvalue weighted by Gasteiger charge is -2.41. The number of benzene rings is 2. The van der Waals surface area contributed by atoms with Crippen LogP contribution in [0.3, 0.4) is 0 Å². The van der Waals surface area contributed by atoms with Crippen molar-refractivity contribution in [2.24, 2.45) is 0 Å². The SMILES string of the molecule is CCC(c1ccc(C(C)(C)C)c(C(C)(C)C)c1C(C)(C)C)c1c(C(C)(C)C)cc(C(C)(C)C)cc1C(C)(C)C. The molecule has 0 spiro atoms. The first-order valence-corrected chi connectivity index (χ1v) is 15.5. The van der Waals surface area contributed by atoms with Gasteiger partial charge < -0.3 is 0 Å². The summed E-state index contributed by atoms with van der Waals surface area (Å²) in [6, 6.07) is 10.1. The molecule has 0 N–H and O–H groups in total. The van der Waals surface area contributed by atoms with E-state index < -0.39 is 0 Å². The van der Waals surface area contributed by atoms with E-state index in [-0.39, 0.29) is 32.5 Å². The minimum atomic E-state index is 0.0295. The van der Waals surface area contributed by atoms with Crippen LogP contribution in [0.2, 0.25) is 0 Å². The molecule has 0 heterocycles. The number of hydrogen-bond donors (Lipinski definition) is 0. The van der Waals surface area contributed by atoms with Gasteiger partial charge in [-0.05, 0) is 83.4 Å². The molecule has 0 fully saturated rings. The minimum absolute atomic E-state index is 0.0295. The molecule has 0 saturated carbocycles. The Balaban J connectivity index is 3.26. The Morgan fingerprint density at radius 1 is 0.462 bits per heavy atom. The predicted molar refractivity (Wildman–Crippen MR) is 177 cm³/mol. The Morgan fingerprint density at radius 3 is 1.13 bits per heavy atom. The standard InChI is InChI=1S/C39H64/c1-20-26(27-21-22-28(35(5,6)7)33(39(17,18)19)32(27)38(14,15)16)31-29(36(8,9)10)23-25(34(2,3)4)24-30(31)37(11,12)13/h21-24,26H,20H2,1-19H3. The van der Waals surface area contributed by atoms with Gasteiger partial charge in [0.2, 0.25) is 0 Å². The van der Waals surface area contributed by atoms with Gasteiger partial charge in [-0.25, -0.2) is 0 Å². The predicted octanol–water partition coefficient (Wildman–Crippen LogP) is 12.0. The van der Waals surface area contributed by atoms with Gasteiger partial charge in [0.05, 0.1) is 0 Å². The van der Waals surface area contributed by atoms with E-state index in [9.17, 15) is 0 Å². The molecule has 0 aliphatic rings. The summed E-state index contributed by atoms with van der Waals surface area (Å²) in [7, 11) is 0. The molecule has 0 saturated heterocycles. The maximum Gasteiger partial charge on any atom is 0.00956 e. The summed E-state index contributed by atoms with van der Waals surface area (Å²) in [5, 5.41) is 0. The summed E-state index contributed by atoms with van der Waals surface area (Å²) in [6.45, 7) is 45.6. The molecule has 0 aliphatic carbocycles.